The third-order valence-electron chi connectivity index (χ3n) is 5.32. The van der Waals surface area contributed by atoms with Crippen molar-refractivity contribution >= 4 is 29.6 Å². The highest BCUT2D eigenvalue weighted by Crippen LogP contribution is 2.22. The van der Waals surface area contributed by atoms with E-state index >= 15 is 0 Å². The number of ether oxygens (including phenoxy) is 2. The van der Waals surface area contributed by atoms with E-state index in [1.54, 1.807) is 22.6 Å². The second kappa shape index (κ2) is 10.3. The number of hydrogen-bond donors (Lipinski definition) is 0. The van der Waals surface area contributed by atoms with Gasteiger partial charge < -0.3 is 14.4 Å². The van der Waals surface area contributed by atoms with Crippen molar-refractivity contribution in [2.24, 2.45) is 0 Å². The van der Waals surface area contributed by atoms with Crippen molar-refractivity contribution in [3.05, 3.63) is 57.9 Å². The minimum absolute atomic E-state index is 0.0490. The van der Waals surface area contributed by atoms with Gasteiger partial charge in [-0.2, -0.15) is 5.10 Å². The van der Waals surface area contributed by atoms with Gasteiger partial charge in [0.1, 0.15) is 5.15 Å². The van der Waals surface area contributed by atoms with Crippen LogP contribution in [0.5, 0.6) is 0 Å². The molecule has 1 amide bonds. The Morgan fingerprint density at radius 3 is 2.47 bits per heavy atom. The van der Waals surface area contributed by atoms with E-state index in [1.807, 2.05) is 52.0 Å². The molecule has 7 nitrogen and oxygen atoms in total. The van der Waals surface area contributed by atoms with Crippen LogP contribution in [0.25, 0.3) is 6.08 Å². The smallest absolute Gasteiger partial charge is 0.331 e. The van der Waals surface area contributed by atoms with Gasteiger partial charge in [0.2, 0.25) is 0 Å². The topological polar surface area (TPSA) is 73.7 Å². The number of aromatic nitrogens is 2. The van der Waals surface area contributed by atoms with Crippen molar-refractivity contribution in [3.63, 3.8) is 0 Å². The predicted molar refractivity (Wildman–Crippen MR) is 123 cm³/mol. The molecule has 0 radical (unpaired) electrons. The van der Waals surface area contributed by atoms with E-state index in [2.05, 4.69) is 5.10 Å². The van der Waals surface area contributed by atoms with Crippen LogP contribution in [0, 0.1) is 13.8 Å². The fourth-order valence-electron chi connectivity index (χ4n) is 3.76. The molecule has 3 atom stereocenters. The van der Waals surface area contributed by atoms with Crippen LogP contribution in [-0.4, -0.2) is 58.0 Å². The van der Waals surface area contributed by atoms with Crippen molar-refractivity contribution in [2.45, 2.75) is 59.5 Å². The summed E-state index contributed by atoms with van der Waals surface area (Å²) in [4.78, 5) is 26.6. The van der Waals surface area contributed by atoms with Crippen molar-refractivity contribution in [1.29, 1.82) is 0 Å². The van der Waals surface area contributed by atoms with E-state index in [-0.39, 0.29) is 18.1 Å². The summed E-state index contributed by atoms with van der Waals surface area (Å²) in [5, 5.41) is 4.92. The number of rotatable bonds is 6. The lowest BCUT2D eigenvalue weighted by Gasteiger charge is -2.36. The number of esters is 1. The first-order valence-electron chi connectivity index (χ1n) is 10.8. The lowest BCUT2D eigenvalue weighted by molar-refractivity contribution is -0.161. The summed E-state index contributed by atoms with van der Waals surface area (Å²) in [6.45, 7) is 10.8. The molecule has 0 bridgehead atoms. The van der Waals surface area contributed by atoms with Gasteiger partial charge in [0.15, 0.2) is 6.10 Å². The number of hydrogen-bond acceptors (Lipinski definition) is 5. The maximum atomic E-state index is 12.6. The highest BCUT2D eigenvalue weighted by molar-refractivity contribution is 6.31. The van der Waals surface area contributed by atoms with Gasteiger partial charge in [0.25, 0.3) is 5.91 Å². The quantitative estimate of drug-likeness (QED) is 0.485. The molecule has 3 rings (SSSR count). The zero-order valence-electron chi connectivity index (χ0n) is 19.2. The van der Waals surface area contributed by atoms with Crippen LogP contribution >= 0.6 is 11.6 Å². The van der Waals surface area contributed by atoms with E-state index in [1.165, 1.54) is 11.6 Å². The minimum atomic E-state index is -0.884. The zero-order valence-corrected chi connectivity index (χ0v) is 19.9. The average Bonchev–Trinajstić information content (AvgIpc) is 2.99. The molecule has 3 unspecified atom stereocenters. The molecule has 0 aliphatic carbocycles. The molecule has 1 aliphatic rings. The van der Waals surface area contributed by atoms with E-state index in [9.17, 15) is 9.59 Å². The van der Waals surface area contributed by atoms with Crippen molar-refractivity contribution in [3.8, 4) is 0 Å². The normalized spacial score (nSPS) is 19.9. The largest absolute Gasteiger partial charge is 0.449 e. The van der Waals surface area contributed by atoms with Crippen LogP contribution in [0.2, 0.25) is 5.15 Å². The van der Waals surface area contributed by atoms with Crippen LogP contribution < -0.4 is 0 Å². The number of halogens is 1. The summed E-state index contributed by atoms with van der Waals surface area (Å²) < 4.78 is 12.7. The zero-order chi connectivity index (χ0) is 23.4. The number of nitrogens with zero attached hydrogens (tertiary/aromatic N) is 3. The number of carbonyl (C=O) groups excluding carboxylic acids is 2. The molecule has 2 aromatic rings. The lowest BCUT2D eigenvalue weighted by Crippen LogP contribution is -2.51. The molecule has 0 N–H and O–H groups in total. The van der Waals surface area contributed by atoms with Crippen LogP contribution in [-0.2, 0) is 25.6 Å². The Hall–Kier alpha value is -2.64. The minimum Gasteiger partial charge on any atom is -0.449 e. The first-order valence-corrected chi connectivity index (χ1v) is 11.1. The van der Waals surface area contributed by atoms with Crippen LogP contribution in [0.15, 0.2) is 30.3 Å². The van der Waals surface area contributed by atoms with Gasteiger partial charge in [0, 0.05) is 24.7 Å². The maximum Gasteiger partial charge on any atom is 0.331 e. The van der Waals surface area contributed by atoms with Crippen molar-refractivity contribution in [2.75, 3.05) is 13.1 Å². The van der Waals surface area contributed by atoms with Gasteiger partial charge >= 0.3 is 5.97 Å². The molecule has 0 spiro atoms. The third-order valence-corrected chi connectivity index (χ3v) is 5.72. The summed E-state index contributed by atoms with van der Waals surface area (Å²) in [5.41, 5.74) is 3.61. The summed E-state index contributed by atoms with van der Waals surface area (Å²) >= 11 is 6.50. The van der Waals surface area contributed by atoms with Gasteiger partial charge in [0.05, 0.1) is 24.4 Å². The van der Waals surface area contributed by atoms with Crippen LogP contribution in [0.3, 0.4) is 0 Å². The second-order valence-corrected chi connectivity index (χ2v) is 8.70. The fourth-order valence-corrected chi connectivity index (χ4v) is 4.06. The van der Waals surface area contributed by atoms with E-state index in [0.717, 1.165) is 5.56 Å². The van der Waals surface area contributed by atoms with E-state index in [0.29, 0.717) is 36.0 Å². The van der Waals surface area contributed by atoms with Crippen LogP contribution in [0.1, 0.15) is 43.2 Å². The van der Waals surface area contributed by atoms with Gasteiger partial charge in [-0.15, -0.1) is 0 Å². The Bertz CT molecular complexity index is 989. The lowest BCUT2D eigenvalue weighted by atomic mass is 10.1. The molecule has 1 aromatic heterocycles. The first-order chi connectivity index (χ1) is 15.1. The molecule has 0 saturated carbocycles. The van der Waals surface area contributed by atoms with Gasteiger partial charge in [-0.05, 0) is 46.3 Å². The molecule has 1 aliphatic heterocycles. The highest BCUT2D eigenvalue weighted by atomic mass is 35.5. The van der Waals surface area contributed by atoms with Crippen molar-refractivity contribution < 1.29 is 19.1 Å². The predicted octanol–water partition coefficient (Wildman–Crippen LogP) is 3.78. The average molecular weight is 460 g/mol. The Morgan fingerprint density at radius 1 is 1.22 bits per heavy atom. The molecule has 172 valence electrons. The molecular weight excluding hydrogens is 430 g/mol. The van der Waals surface area contributed by atoms with E-state index in [4.69, 9.17) is 21.1 Å². The summed E-state index contributed by atoms with van der Waals surface area (Å²) in [6.07, 6.45) is 1.87. The van der Waals surface area contributed by atoms with Gasteiger partial charge in [-0.3, -0.25) is 4.79 Å². The third kappa shape index (κ3) is 5.99. The summed E-state index contributed by atoms with van der Waals surface area (Å²) in [5.74, 6) is -0.837. The molecule has 2 heterocycles. The molecule has 8 heteroatoms. The Labute approximate surface area is 193 Å². The molecule has 32 heavy (non-hydrogen) atoms. The molecule has 1 aromatic carbocycles. The van der Waals surface area contributed by atoms with Gasteiger partial charge in [-0.25, -0.2) is 9.48 Å². The standard InChI is InChI=1S/C24H30ClN3O4/c1-15-6-8-20(9-7-15)14-28-23(25)21(18(4)26-28)10-11-22(29)32-19(5)24(30)27-12-16(2)31-17(3)13-27/h6-11,16-17,19H,12-14H2,1-5H3/b11-10+. The SMILES string of the molecule is Cc1ccc(Cn2nc(C)c(/C=C/C(=O)OC(C)C(=O)N3CC(C)OC(C)C3)c2Cl)cc1. The number of amides is 1. The summed E-state index contributed by atoms with van der Waals surface area (Å²) in [6, 6.07) is 8.14. The first kappa shape index (κ1) is 24.0. The Kier molecular flexibility index (Phi) is 7.74. The number of aryl methyl sites for hydroxylation is 2. The monoisotopic (exact) mass is 459 g/mol. The Morgan fingerprint density at radius 2 is 1.84 bits per heavy atom. The van der Waals surface area contributed by atoms with E-state index < -0.39 is 12.1 Å². The molecule has 1 saturated heterocycles. The Balaban J connectivity index is 1.61. The van der Waals surface area contributed by atoms with Crippen molar-refractivity contribution in [1.82, 2.24) is 14.7 Å². The summed E-state index contributed by atoms with van der Waals surface area (Å²) in [7, 11) is 0. The maximum absolute atomic E-state index is 12.6. The fraction of sp³-hybridized carbons (Fsp3) is 0.458. The highest BCUT2D eigenvalue weighted by Gasteiger charge is 2.30. The molecule has 1 fully saturated rings. The molecular formula is C24H30ClN3O4. The number of morpholine rings is 1. The second-order valence-electron chi connectivity index (χ2n) is 8.35. The number of carbonyl (C=O) groups is 2. The number of benzene rings is 1. The van der Waals surface area contributed by atoms with Crippen LogP contribution in [0.4, 0.5) is 0 Å². The van der Waals surface area contributed by atoms with Gasteiger partial charge in [-0.1, -0.05) is 41.4 Å².